The van der Waals surface area contributed by atoms with Gasteiger partial charge in [-0.2, -0.15) is 0 Å². The molecule has 0 spiro atoms. The molecule has 1 aromatic carbocycles. The average Bonchev–Trinajstić information content (AvgIpc) is 3.08. The van der Waals surface area contributed by atoms with Crippen LogP contribution in [0.25, 0.3) is 0 Å². The number of hydrogen-bond acceptors (Lipinski definition) is 5. The Kier molecular flexibility index (Phi) is 5.87. The zero-order chi connectivity index (χ0) is 16.9. The molecule has 24 heavy (non-hydrogen) atoms. The summed E-state index contributed by atoms with van der Waals surface area (Å²) in [7, 11) is 1.43. The molecule has 2 heterocycles. The van der Waals surface area contributed by atoms with Crippen LogP contribution in [0.4, 0.5) is 0 Å². The van der Waals surface area contributed by atoms with Gasteiger partial charge in [-0.1, -0.05) is 30.3 Å². The second-order valence-corrected chi connectivity index (χ2v) is 6.89. The average molecular weight is 332 g/mol. The topological polar surface area (TPSA) is 42.0 Å². The lowest BCUT2D eigenvalue weighted by atomic mass is 10.1. The molecule has 2 aliphatic heterocycles. The molecule has 0 amide bonds. The summed E-state index contributed by atoms with van der Waals surface area (Å²) in [6, 6.07) is 11.2. The maximum atomic E-state index is 11.8. The highest BCUT2D eigenvalue weighted by Gasteiger charge is 2.36. The molecule has 0 bridgehead atoms. The molecule has 0 unspecified atom stereocenters. The molecule has 5 heteroatoms. The number of rotatable bonds is 5. The van der Waals surface area contributed by atoms with E-state index in [0.717, 1.165) is 39.0 Å². The number of likely N-dealkylation sites (tertiary alicyclic amines) is 1. The van der Waals surface area contributed by atoms with Gasteiger partial charge in [0.15, 0.2) is 6.10 Å². The van der Waals surface area contributed by atoms with Gasteiger partial charge >= 0.3 is 5.97 Å². The van der Waals surface area contributed by atoms with Gasteiger partial charge in [-0.3, -0.25) is 4.90 Å². The first-order chi connectivity index (χ1) is 11.7. The molecule has 132 valence electrons. The van der Waals surface area contributed by atoms with E-state index in [4.69, 9.17) is 9.47 Å². The number of carbonyl (C=O) groups is 1. The van der Waals surface area contributed by atoms with Crippen LogP contribution >= 0.6 is 0 Å². The quantitative estimate of drug-likeness (QED) is 0.766. The number of carbonyl (C=O) groups excluding carboxylic acids is 1. The van der Waals surface area contributed by atoms with Crippen LogP contribution in [0.5, 0.6) is 0 Å². The highest BCUT2D eigenvalue weighted by Crippen LogP contribution is 2.21. The third kappa shape index (κ3) is 4.35. The van der Waals surface area contributed by atoms with Gasteiger partial charge in [0, 0.05) is 32.2 Å². The third-order valence-corrected chi connectivity index (χ3v) is 5.08. The summed E-state index contributed by atoms with van der Waals surface area (Å²) in [6.45, 7) is 6.88. The summed E-state index contributed by atoms with van der Waals surface area (Å²) < 4.78 is 10.6. The first-order valence-electron chi connectivity index (χ1n) is 8.89. The highest BCUT2D eigenvalue weighted by atomic mass is 16.6. The van der Waals surface area contributed by atoms with Crippen LogP contribution in [0.15, 0.2) is 30.3 Å². The fourth-order valence-electron chi connectivity index (χ4n) is 3.79. The van der Waals surface area contributed by atoms with Gasteiger partial charge in [-0.05, 0) is 31.9 Å². The van der Waals surface area contributed by atoms with Crippen LogP contribution < -0.4 is 0 Å². The van der Waals surface area contributed by atoms with E-state index in [1.165, 1.54) is 12.7 Å². The van der Waals surface area contributed by atoms with Crippen LogP contribution in [-0.4, -0.2) is 73.9 Å². The normalized spacial score (nSPS) is 28.8. The molecule has 2 saturated heterocycles. The Hall–Kier alpha value is -1.43. The van der Waals surface area contributed by atoms with Crippen molar-refractivity contribution >= 4 is 5.97 Å². The minimum absolute atomic E-state index is 0.0706. The van der Waals surface area contributed by atoms with Gasteiger partial charge in [0.05, 0.1) is 13.2 Å². The molecule has 3 rings (SSSR count). The number of ether oxygens (including phenoxy) is 2. The summed E-state index contributed by atoms with van der Waals surface area (Å²) in [4.78, 5) is 16.8. The van der Waals surface area contributed by atoms with E-state index in [1.807, 2.05) is 6.92 Å². The first-order valence-corrected chi connectivity index (χ1v) is 8.89. The van der Waals surface area contributed by atoms with Crippen molar-refractivity contribution in [1.82, 2.24) is 9.80 Å². The summed E-state index contributed by atoms with van der Waals surface area (Å²) in [6.07, 6.45) is 1.88. The Labute approximate surface area is 144 Å². The SMILES string of the molecule is COC(=O)[C@H]1CN([C@H]2CCN(CCc3ccccc3)C2)C[C@@H](C)O1. The molecule has 0 aromatic heterocycles. The van der Waals surface area contributed by atoms with Crippen molar-refractivity contribution in [2.24, 2.45) is 0 Å². The smallest absolute Gasteiger partial charge is 0.336 e. The number of nitrogens with zero attached hydrogens (tertiary/aromatic N) is 2. The minimum Gasteiger partial charge on any atom is -0.467 e. The van der Waals surface area contributed by atoms with Crippen LogP contribution in [0.2, 0.25) is 0 Å². The Morgan fingerprint density at radius 1 is 1.25 bits per heavy atom. The second-order valence-electron chi connectivity index (χ2n) is 6.89. The van der Waals surface area contributed by atoms with E-state index in [2.05, 4.69) is 40.1 Å². The van der Waals surface area contributed by atoms with Gasteiger partial charge in [0.2, 0.25) is 0 Å². The van der Waals surface area contributed by atoms with E-state index in [1.54, 1.807) is 0 Å². The van der Waals surface area contributed by atoms with Gasteiger partial charge in [0.25, 0.3) is 0 Å². The van der Waals surface area contributed by atoms with Crippen molar-refractivity contribution in [1.29, 1.82) is 0 Å². The summed E-state index contributed by atoms with van der Waals surface area (Å²) in [5, 5.41) is 0. The predicted octanol–water partition coefficient (Wildman–Crippen LogP) is 1.57. The van der Waals surface area contributed by atoms with Crippen LogP contribution in [0.3, 0.4) is 0 Å². The molecule has 0 radical (unpaired) electrons. The van der Waals surface area contributed by atoms with E-state index in [-0.39, 0.29) is 12.1 Å². The largest absolute Gasteiger partial charge is 0.467 e. The number of benzene rings is 1. The van der Waals surface area contributed by atoms with Crippen molar-refractivity contribution in [2.45, 2.75) is 38.0 Å². The first kappa shape index (κ1) is 17.4. The van der Waals surface area contributed by atoms with E-state index in [9.17, 15) is 4.79 Å². The summed E-state index contributed by atoms with van der Waals surface area (Å²) >= 11 is 0. The van der Waals surface area contributed by atoms with Crippen LogP contribution in [0, 0.1) is 0 Å². The third-order valence-electron chi connectivity index (χ3n) is 5.08. The molecule has 0 saturated carbocycles. The van der Waals surface area contributed by atoms with Crippen molar-refractivity contribution < 1.29 is 14.3 Å². The zero-order valence-corrected chi connectivity index (χ0v) is 14.7. The van der Waals surface area contributed by atoms with Gasteiger partial charge < -0.3 is 14.4 Å². The highest BCUT2D eigenvalue weighted by molar-refractivity contribution is 5.75. The van der Waals surface area contributed by atoms with Crippen molar-refractivity contribution in [2.75, 3.05) is 39.8 Å². The molecule has 0 aliphatic carbocycles. The lowest BCUT2D eigenvalue weighted by molar-refractivity contribution is -0.167. The lowest BCUT2D eigenvalue weighted by Gasteiger charge is -2.38. The van der Waals surface area contributed by atoms with E-state index in [0.29, 0.717) is 12.6 Å². The molecule has 1 aromatic rings. The number of esters is 1. The number of methoxy groups -OCH3 is 1. The molecule has 5 nitrogen and oxygen atoms in total. The molecular weight excluding hydrogens is 304 g/mol. The van der Waals surface area contributed by atoms with Gasteiger partial charge in [-0.15, -0.1) is 0 Å². The van der Waals surface area contributed by atoms with E-state index < -0.39 is 6.10 Å². The fourth-order valence-corrected chi connectivity index (χ4v) is 3.79. The van der Waals surface area contributed by atoms with Gasteiger partial charge in [0.1, 0.15) is 0 Å². The van der Waals surface area contributed by atoms with E-state index >= 15 is 0 Å². The maximum Gasteiger partial charge on any atom is 0.336 e. The van der Waals surface area contributed by atoms with Crippen LogP contribution in [-0.2, 0) is 20.7 Å². The zero-order valence-electron chi connectivity index (χ0n) is 14.7. The molecular formula is C19H28N2O3. The Morgan fingerprint density at radius 2 is 2.04 bits per heavy atom. The minimum atomic E-state index is -0.447. The predicted molar refractivity (Wildman–Crippen MR) is 92.9 cm³/mol. The maximum absolute atomic E-state index is 11.8. The molecule has 3 atom stereocenters. The molecule has 2 fully saturated rings. The second kappa shape index (κ2) is 8.10. The Balaban J connectivity index is 1.50. The number of hydrogen-bond donors (Lipinski definition) is 0. The van der Waals surface area contributed by atoms with Crippen molar-refractivity contribution in [3.63, 3.8) is 0 Å². The Bertz CT molecular complexity index is 537. The summed E-state index contributed by atoms with van der Waals surface area (Å²) in [5.41, 5.74) is 1.40. The van der Waals surface area contributed by atoms with Crippen LogP contribution in [0.1, 0.15) is 18.9 Å². The lowest BCUT2D eigenvalue weighted by Crippen LogP contribution is -2.54. The Morgan fingerprint density at radius 3 is 2.79 bits per heavy atom. The monoisotopic (exact) mass is 332 g/mol. The van der Waals surface area contributed by atoms with Gasteiger partial charge in [-0.25, -0.2) is 4.79 Å². The van der Waals surface area contributed by atoms with Crippen molar-refractivity contribution in [3.05, 3.63) is 35.9 Å². The fraction of sp³-hybridized carbons (Fsp3) is 0.632. The summed E-state index contributed by atoms with van der Waals surface area (Å²) in [5.74, 6) is -0.259. The van der Waals surface area contributed by atoms with Crippen molar-refractivity contribution in [3.8, 4) is 0 Å². The molecule has 0 N–H and O–H groups in total. The number of morpholine rings is 1. The molecule has 2 aliphatic rings. The standard InChI is InChI=1S/C19H28N2O3/c1-15-12-21(14-18(24-15)19(22)23-2)17-9-11-20(13-17)10-8-16-6-4-3-5-7-16/h3-7,15,17-18H,8-14H2,1-2H3/t15-,17+,18-/m1/s1.